The monoisotopic (exact) mass is 264 g/mol. The molecule has 0 bridgehead atoms. The lowest BCUT2D eigenvalue weighted by Crippen LogP contribution is -2.32. The highest BCUT2D eigenvalue weighted by molar-refractivity contribution is 7.80. The van der Waals surface area contributed by atoms with E-state index < -0.39 is 0 Å². The Kier molecular flexibility index (Phi) is 5.42. The molecule has 0 spiro atoms. The number of ether oxygens (including phenoxy) is 1. The van der Waals surface area contributed by atoms with Crippen LogP contribution in [0.2, 0.25) is 0 Å². The molecule has 2 rings (SSSR count). The maximum Gasteiger partial charge on any atom is 0.170 e. The second kappa shape index (κ2) is 7.34. The van der Waals surface area contributed by atoms with Gasteiger partial charge in [0.25, 0.3) is 0 Å². The van der Waals surface area contributed by atoms with E-state index in [9.17, 15) is 0 Å². The molecule has 0 heterocycles. The van der Waals surface area contributed by atoms with Crippen LogP contribution in [0.15, 0.2) is 30.3 Å². The van der Waals surface area contributed by atoms with E-state index in [1.807, 2.05) is 30.3 Å². The molecule has 18 heavy (non-hydrogen) atoms. The highest BCUT2D eigenvalue weighted by Gasteiger charge is 2.14. The molecule has 0 radical (unpaired) electrons. The zero-order valence-corrected chi connectivity index (χ0v) is 11.3. The zero-order valence-electron chi connectivity index (χ0n) is 10.5. The molecule has 2 N–H and O–H groups in total. The second-order valence-corrected chi connectivity index (χ2v) is 4.93. The van der Waals surface area contributed by atoms with Gasteiger partial charge < -0.3 is 15.4 Å². The molecule has 4 heteroatoms. The lowest BCUT2D eigenvalue weighted by atomic mass is 10.3. The van der Waals surface area contributed by atoms with Gasteiger partial charge in [0.15, 0.2) is 5.11 Å². The molecule has 0 aromatic heterocycles. The van der Waals surface area contributed by atoms with E-state index in [2.05, 4.69) is 10.6 Å². The van der Waals surface area contributed by atoms with Crippen molar-refractivity contribution >= 4 is 23.0 Å². The highest BCUT2D eigenvalue weighted by Crippen LogP contribution is 2.20. The van der Waals surface area contributed by atoms with Crippen molar-refractivity contribution in [2.24, 2.45) is 0 Å². The van der Waals surface area contributed by atoms with Crippen LogP contribution in [0.4, 0.5) is 5.69 Å². The summed E-state index contributed by atoms with van der Waals surface area (Å²) in [6.45, 7) is 1.48. The molecule has 98 valence electrons. The van der Waals surface area contributed by atoms with Crippen molar-refractivity contribution in [3.05, 3.63) is 30.3 Å². The van der Waals surface area contributed by atoms with Gasteiger partial charge in [0, 0.05) is 12.2 Å². The topological polar surface area (TPSA) is 33.3 Å². The number of hydrogen-bond donors (Lipinski definition) is 2. The van der Waals surface area contributed by atoms with Crippen LogP contribution in [-0.4, -0.2) is 24.4 Å². The molecule has 3 nitrogen and oxygen atoms in total. The molecule has 1 fully saturated rings. The highest BCUT2D eigenvalue weighted by atomic mass is 32.1. The van der Waals surface area contributed by atoms with Crippen molar-refractivity contribution in [2.45, 2.75) is 31.8 Å². The van der Waals surface area contributed by atoms with E-state index in [-0.39, 0.29) is 0 Å². The van der Waals surface area contributed by atoms with Gasteiger partial charge in [-0.05, 0) is 37.2 Å². The second-order valence-electron chi connectivity index (χ2n) is 4.52. The van der Waals surface area contributed by atoms with Crippen LogP contribution < -0.4 is 10.6 Å². The summed E-state index contributed by atoms with van der Waals surface area (Å²) in [5.74, 6) is 0. The van der Waals surface area contributed by atoms with Crippen LogP contribution in [0.1, 0.15) is 25.7 Å². The third-order valence-electron chi connectivity index (χ3n) is 3.08. The minimum Gasteiger partial charge on any atom is -0.376 e. The van der Waals surface area contributed by atoms with E-state index in [0.717, 1.165) is 18.8 Å². The van der Waals surface area contributed by atoms with Crippen molar-refractivity contribution in [1.82, 2.24) is 5.32 Å². The van der Waals surface area contributed by atoms with Gasteiger partial charge in [-0.15, -0.1) is 0 Å². The van der Waals surface area contributed by atoms with Crippen LogP contribution in [0.5, 0.6) is 0 Å². The molecule has 0 saturated heterocycles. The van der Waals surface area contributed by atoms with E-state index in [1.54, 1.807) is 0 Å². The Morgan fingerprint density at radius 1 is 1.22 bits per heavy atom. The molecular weight excluding hydrogens is 244 g/mol. The van der Waals surface area contributed by atoms with Crippen molar-refractivity contribution in [3.8, 4) is 0 Å². The normalized spacial score (nSPS) is 15.6. The number of benzene rings is 1. The minimum absolute atomic E-state index is 0.474. The third-order valence-corrected chi connectivity index (χ3v) is 3.32. The van der Waals surface area contributed by atoms with Crippen molar-refractivity contribution in [3.63, 3.8) is 0 Å². The first-order chi connectivity index (χ1) is 8.84. The first-order valence-electron chi connectivity index (χ1n) is 6.56. The van der Waals surface area contributed by atoms with Gasteiger partial charge in [-0.2, -0.15) is 0 Å². The molecule has 0 unspecified atom stereocenters. The lowest BCUT2D eigenvalue weighted by molar-refractivity contribution is 0.0624. The van der Waals surface area contributed by atoms with Crippen molar-refractivity contribution in [1.29, 1.82) is 0 Å². The summed E-state index contributed by atoms with van der Waals surface area (Å²) >= 11 is 5.21. The predicted octanol–water partition coefficient (Wildman–Crippen LogP) is 2.93. The van der Waals surface area contributed by atoms with Crippen LogP contribution >= 0.6 is 12.2 Å². The van der Waals surface area contributed by atoms with Gasteiger partial charge in [0.05, 0.1) is 12.7 Å². The Hall–Kier alpha value is -1.13. The Bertz CT molecular complexity index is 363. The average molecular weight is 264 g/mol. The Labute approximate surface area is 114 Å². The molecule has 1 saturated carbocycles. The fourth-order valence-electron chi connectivity index (χ4n) is 2.14. The van der Waals surface area contributed by atoms with E-state index in [0.29, 0.717) is 11.2 Å². The lowest BCUT2D eigenvalue weighted by Gasteiger charge is -2.13. The third kappa shape index (κ3) is 4.63. The van der Waals surface area contributed by atoms with Gasteiger partial charge >= 0.3 is 0 Å². The Morgan fingerprint density at radius 2 is 1.94 bits per heavy atom. The smallest absolute Gasteiger partial charge is 0.170 e. The van der Waals surface area contributed by atoms with Gasteiger partial charge in [-0.25, -0.2) is 0 Å². The molecule has 0 aliphatic heterocycles. The standard InChI is InChI=1S/C14H20N2OS/c18-14(16-12-6-2-1-3-7-12)15-10-11-17-13-8-4-5-9-13/h1-3,6-7,13H,4-5,8-11H2,(H2,15,16,18). The fourth-order valence-corrected chi connectivity index (χ4v) is 2.36. The minimum atomic E-state index is 0.474. The Balaban J connectivity index is 1.57. The summed E-state index contributed by atoms with van der Waals surface area (Å²) in [4.78, 5) is 0. The van der Waals surface area contributed by atoms with E-state index >= 15 is 0 Å². The largest absolute Gasteiger partial charge is 0.376 e. The van der Waals surface area contributed by atoms with Crippen LogP contribution in [0, 0.1) is 0 Å². The van der Waals surface area contributed by atoms with Crippen LogP contribution in [-0.2, 0) is 4.74 Å². The number of thiocarbonyl (C=S) groups is 1. The maximum absolute atomic E-state index is 5.75. The number of para-hydroxylation sites is 1. The van der Waals surface area contributed by atoms with Crippen LogP contribution in [0.25, 0.3) is 0 Å². The quantitative estimate of drug-likeness (QED) is 0.633. The Morgan fingerprint density at radius 3 is 2.67 bits per heavy atom. The molecule has 1 aromatic carbocycles. The summed E-state index contributed by atoms with van der Waals surface area (Å²) < 4.78 is 5.75. The van der Waals surface area contributed by atoms with Crippen molar-refractivity contribution in [2.75, 3.05) is 18.5 Å². The number of hydrogen-bond acceptors (Lipinski definition) is 2. The zero-order chi connectivity index (χ0) is 12.6. The fraction of sp³-hybridized carbons (Fsp3) is 0.500. The average Bonchev–Trinajstić information content (AvgIpc) is 2.89. The van der Waals surface area contributed by atoms with Gasteiger partial charge in [-0.3, -0.25) is 0 Å². The summed E-state index contributed by atoms with van der Waals surface area (Å²) in [6.07, 6.45) is 5.53. The molecule has 1 aliphatic rings. The van der Waals surface area contributed by atoms with Gasteiger partial charge in [0.1, 0.15) is 0 Å². The summed E-state index contributed by atoms with van der Waals surface area (Å²) in [5, 5.41) is 6.93. The summed E-state index contributed by atoms with van der Waals surface area (Å²) in [6, 6.07) is 9.92. The van der Waals surface area contributed by atoms with Crippen molar-refractivity contribution < 1.29 is 4.74 Å². The SMILES string of the molecule is S=C(NCCOC1CCCC1)Nc1ccccc1. The number of rotatable bonds is 5. The summed E-state index contributed by atoms with van der Waals surface area (Å²) in [5.41, 5.74) is 1.01. The molecule has 0 atom stereocenters. The first-order valence-corrected chi connectivity index (χ1v) is 6.97. The van der Waals surface area contributed by atoms with Gasteiger partial charge in [0.2, 0.25) is 0 Å². The number of anilines is 1. The molecule has 1 aromatic rings. The predicted molar refractivity (Wildman–Crippen MR) is 78.9 cm³/mol. The van der Waals surface area contributed by atoms with E-state index in [1.165, 1.54) is 25.7 Å². The molecule has 1 aliphatic carbocycles. The van der Waals surface area contributed by atoms with Crippen LogP contribution in [0.3, 0.4) is 0 Å². The van der Waals surface area contributed by atoms with E-state index in [4.69, 9.17) is 17.0 Å². The first kappa shape index (κ1) is 13.3. The molecule has 0 amide bonds. The van der Waals surface area contributed by atoms with Gasteiger partial charge in [-0.1, -0.05) is 31.0 Å². The number of nitrogens with one attached hydrogen (secondary N) is 2. The molecular formula is C14H20N2OS. The maximum atomic E-state index is 5.75. The summed E-state index contributed by atoms with van der Waals surface area (Å²) in [7, 11) is 0.